The largest absolute Gasteiger partial charge is 0.394 e. The average Bonchev–Trinajstić information content (AvgIpc) is 3.84. The smallest absolute Gasteiger partial charge is 0.250 e. The van der Waals surface area contributed by atoms with Crippen molar-refractivity contribution in [3.8, 4) is 0 Å². The van der Waals surface area contributed by atoms with Gasteiger partial charge in [0.25, 0.3) is 0 Å². The van der Waals surface area contributed by atoms with E-state index in [0.29, 0.717) is 36.9 Å². The number of anilines is 1. The zero-order valence-electron chi connectivity index (χ0n) is 28.1. The molecule has 0 radical (unpaired) electrons. The van der Waals surface area contributed by atoms with E-state index in [-0.39, 0.29) is 50.0 Å². The van der Waals surface area contributed by atoms with Gasteiger partial charge >= 0.3 is 0 Å². The fraction of sp³-hybridized carbons (Fsp3) is 0.486. The van der Waals surface area contributed by atoms with Crippen molar-refractivity contribution in [2.75, 3.05) is 24.6 Å². The number of likely N-dealkylation sites (tertiary alicyclic amines) is 1. The molecule has 1 N–H and O–H groups in total. The van der Waals surface area contributed by atoms with Crippen molar-refractivity contribution >= 4 is 34.4 Å². The molecular formula is C37H46N6O5. The maximum absolute atomic E-state index is 15.1. The molecule has 3 aliphatic rings. The number of amides is 3. The van der Waals surface area contributed by atoms with Crippen molar-refractivity contribution in [2.24, 2.45) is 17.8 Å². The summed E-state index contributed by atoms with van der Waals surface area (Å²) in [7, 11) is 0. The first-order chi connectivity index (χ1) is 23.2. The summed E-state index contributed by atoms with van der Waals surface area (Å²) in [6, 6.07) is 15.2. The van der Waals surface area contributed by atoms with Gasteiger partial charge in [0.1, 0.15) is 23.8 Å². The van der Waals surface area contributed by atoms with Crippen molar-refractivity contribution in [3.05, 3.63) is 79.9 Å². The number of hydrogen-bond acceptors (Lipinski definition) is 7. The van der Waals surface area contributed by atoms with Crippen molar-refractivity contribution in [1.82, 2.24) is 24.8 Å². The lowest BCUT2D eigenvalue weighted by Gasteiger charge is -2.41. The highest BCUT2D eigenvalue weighted by Gasteiger charge is 2.79. The Labute approximate surface area is 281 Å². The number of rotatable bonds is 14. The summed E-state index contributed by atoms with van der Waals surface area (Å²) in [6.45, 7) is 13.9. The van der Waals surface area contributed by atoms with Crippen LogP contribution < -0.4 is 4.90 Å². The highest BCUT2D eigenvalue weighted by atomic mass is 16.5. The van der Waals surface area contributed by atoms with E-state index in [1.54, 1.807) is 31.5 Å². The lowest BCUT2D eigenvalue weighted by molar-refractivity contribution is -0.158. The zero-order chi connectivity index (χ0) is 34.2. The minimum atomic E-state index is -1.26. The third kappa shape index (κ3) is 5.15. The minimum absolute atomic E-state index is 0.0696. The van der Waals surface area contributed by atoms with Gasteiger partial charge in [-0.1, -0.05) is 74.9 Å². The number of aliphatic hydroxyl groups excluding tert-OH is 1. The van der Waals surface area contributed by atoms with Gasteiger partial charge in [0.15, 0.2) is 0 Å². The lowest BCUT2D eigenvalue weighted by atomic mass is 9.64. The molecule has 1 spiro atoms. The van der Waals surface area contributed by atoms with E-state index in [1.165, 1.54) is 0 Å². The third-order valence-electron chi connectivity index (χ3n) is 11.0. The monoisotopic (exact) mass is 654 g/mol. The first-order valence-corrected chi connectivity index (χ1v) is 17.0. The molecule has 3 fully saturated rings. The molecule has 4 heterocycles. The Hall–Kier alpha value is -4.35. The van der Waals surface area contributed by atoms with E-state index < -0.39 is 35.1 Å². The second kappa shape index (κ2) is 13.3. The molecule has 0 saturated carbocycles. The molecule has 0 aliphatic carbocycles. The van der Waals surface area contributed by atoms with Gasteiger partial charge in [-0.25, -0.2) is 4.68 Å². The summed E-state index contributed by atoms with van der Waals surface area (Å²) >= 11 is 0. The Bertz CT molecular complexity index is 1690. The molecule has 3 aromatic rings. The number of ether oxygens (including phenoxy) is 1. The van der Waals surface area contributed by atoms with Gasteiger partial charge < -0.3 is 24.5 Å². The molecule has 11 heteroatoms. The van der Waals surface area contributed by atoms with Gasteiger partial charge in [0.05, 0.1) is 35.6 Å². The highest BCUT2D eigenvalue weighted by Crippen LogP contribution is 2.65. The molecule has 2 aromatic carbocycles. The molecule has 1 aromatic heterocycles. The Kier molecular flexibility index (Phi) is 9.28. The van der Waals surface area contributed by atoms with Gasteiger partial charge in [0, 0.05) is 18.8 Å². The summed E-state index contributed by atoms with van der Waals surface area (Å²) < 4.78 is 8.73. The number of benzene rings is 2. The fourth-order valence-corrected chi connectivity index (χ4v) is 8.44. The van der Waals surface area contributed by atoms with Crippen LogP contribution in [0.1, 0.15) is 46.5 Å². The van der Waals surface area contributed by atoms with Crippen molar-refractivity contribution < 1.29 is 24.2 Å². The number of nitrogens with zero attached hydrogens (tertiary/aromatic N) is 6. The Morgan fingerprint density at radius 1 is 1.06 bits per heavy atom. The predicted octanol–water partition coefficient (Wildman–Crippen LogP) is 4.18. The number of fused-ring (bicyclic) bond motifs is 2. The first-order valence-electron chi connectivity index (χ1n) is 17.0. The molecule has 3 aliphatic heterocycles. The summed E-state index contributed by atoms with van der Waals surface area (Å²) in [5.41, 5.74) is -0.0216. The van der Waals surface area contributed by atoms with Gasteiger partial charge in [0.2, 0.25) is 17.7 Å². The van der Waals surface area contributed by atoms with Gasteiger partial charge in [-0.3, -0.25) is 14.4 Å². The molecule has 3 saturated heterocycles. The number of para-hydroxylation sites is 2. The molecular weight excluding hydrogens is 608 g/mol. The highest BCUT2D eigenvalue weighted by molar-refractivity contribution is 6.03. The van der Waals surface area contributed by atoms with Crippen LogP contribution >= 0.6 is 0 Å². The number of carbonyl (C=O) groups excluding carboxylic acids is 3. The van der Waals surface area contributed by atoms with Crippen LogP contribution in [0.5, 0.6) is 0 Å². The van der Waals surface area contributed by atoms with Crippen LogP contribution in [0.15, 0.2) is 79.9 Å². The molecule has 3 amide bonds. The third-order valence-corrected chi connectivity index (χ3v) is 11.0. The Morgan fingerprint density at radius 3 is 2.44 bits per heavy atom. The minimum Gasteiger partial charge on any atom is -0.394 e. The van der Waals surface area contributed by atoms with Crippen LogP contribution in [-0.2, 0) is 25.8 Å². The van der Waals surface area contributed by atoms with Crippen molar-refractivity contribution in [3.63, 3.8) is 0 Å². The summed E-state index contributed by atoms with van der Waals surface area (Å²) in [5.74, 6) is -2.73. The normalized spacial score (nSPS) is 27.1. The number of hydrogen-bond donors (Lipinski definition) is 1. The predicted molar refractivity (Wildman–Crippen MR) is 182 cm³/mol. The quantitative estimate of drug-likeness (QED) is 0.259. The van der Waals surface area contributed by atoms with Crippen molar-refractivity contribution in [1.29, 1.82) is 0 Å². The molecule has 7 atom stereocenters. The van der Waals surface area contributed by atoms with Gasteiger partial charge in [-0.15, -0.1) is 18.3 Å². The van der Waals surface area contributed by atoms with E-state index in [1.807, 2.05) is 75.4 Å². The van der Waals surface area contributed by atoms with E-state index >= 15 is 4.79 Å². The van der Waals surface area contributed by atoms with Crippen LogP contribution in [0, 0.1) is 17.8 Å². The molecule has 2 bridgehead atoms. The number of aromatic nitrogens is 3. The van der Waals surface area contributed by atoms with Crippen LogP contribution in [0.2, 0.25) is 0 Å². The fourth-order valence-electron chi connectivity index (χ4n) is 8.44. The summed E-state index contributed by atoms with van der Waals surface area (Å²) in [6.07, 6.45) is 5.47. The molecule has 48 heavy (non-hydrogen) atoms. The van der Waals surface area contributed by atoms with Crippen molar-refractivity contribution in [2.45, 2.75) is 76.4 Å². The topological polar surface area (TPSA) is 121 Å². The van der Waals surface area contributed by atoms with E-state index in [2.05, 4.69) is 23.5 Å². The molecule has 254 valence electrons. The van der Waals surface area contributed by atoms with Gasteiger partial charge in [-0.05, 0) is 49.4 Å². The molecule has 11 nitrogen and oxygen atoms in total. The summed E-state index contributed by atoms with van der Waals surface area (Å²) in [4.78, 5) is 49.7. The summed E-state index contributed by atoms with van der Waals surface area (Å²) in [5, 5.41) is 19.4. The zero-order valence-corrected chi connectivity index (χ0v) is 28.1. The number of carbonyl (C=O) groups is 3. The van der Waals surface area contributed by atoms with Crippen LogP contribution in [-0.4, -0.2) is 90.6 Å². The van der Waals surface area contributed by atoms with E-state index in [9.17, 15) is 14.7 Å². The maximum atomic E-state index is 15.1. The van der Waals surface area contributed by atoms with Crippen LogP contribution in [0.4, 0.5) is 5.69 Å². The SMILES string of the molecule is C=CCN(Cn1nnc2ccccc21)C(=O)C1N([C@@H](CO)[C@@H](C)CC)C(=O)[C@@H]2[C@@H](C(=O)N(CC=C)c3ccccc3)[C@@]3(CC)CCC12O3. The standard InChI is InChI=1S/C37H46N6O5/c1-6-21-40(24-42-28-18-14-13-17-27(28)38-39-42)35(47)32-37-20-19-36(9-4,48-37)30(31(37)34(46)43(32)29(23-44)25(5)8-3)33(45)41(22-7-2)26-15-11-10-12-16-26/h6-7,10-18,25,29-32,44H,1-2,8-9,19-24H2,3-5H3/t25-,29-,30-,31-,32?,36+,37?/m0/s1. The lowest BCUT2D eigenvalue weighted by Crippen LogP contribution is -2.60. The van der Waals surface area contributed by atoms with E-state index in [4.69, 9.17) is 4.74 Å². The molecule has 2 unspecified atom stereocenters. The van der Waals surface area contributed by atoms with Crippen LogP contribution in [0.25, 0.3) is 11.0 Å². The first kappa shape index (κ1) is 33.5. The Balaban J connectivity index is 1.46. The van der Waals surface area contributed by atoms with E-state index in [0.717, 1.165) is 5.52 Å². The maximum Gasteiger partial charge on any atom is 0.250 e. The molecule has 6 rings (SSSR count). The van der Waals surface area contributed by atoms with Crippen LogP contribution in [0.3, 0.4) is 0 Å². The number of aliphatic hydroxyl groups is 1. The Morgan fingerprint density at radius 2 is 1.77 bits per heavy atom. The average molecular weight is 655 g/mol. The van der Waals surface area contributed by atoms with Gasteiger partial charge in [-0.2, -0.15) is 0 Å². The second-order valence-corrected chi connectivity index (χ2v) is 13.4. The second-order valence-electron chi connectivity index (χ2n) is 13.4.